The predicted octanol–water partition coefficient (Wildman–Crippen LogP) is 2.47. The zero-order chi connectivity index (χ0) is 13.0. The Kier molecular flexibility index (Phi) is 4.36. The van der Waals surface area contributed by atoms with Crippen molar-refractivity contribution in [1.82, 2.24) is 4.98 Å². The SMILES string of the molecule is CCc1ccc(CC(N)C2(C)CCCCO2)nc1. The first kappa shape index (κ1) is 13.5. The molecule has 1 aliphatic heterocycles. The van der Waals surface area contributed by atoms with Crippen LogP contribution in [0.1, 0.15) is 44.4 Å². The third-order valence-electron chi connectivity index (χ3n) is 4.01. The van der Waals surface area contributed by atoms with Gasteiger partial charge in [0, 0.05) is 31.0 Å². The van der Waals surface area contributed by atoms with Crippen LogP contribution in [0.4, 0.5) is 0 Å². The van der Waals surface area contributed by atoms with Gasteiger partial charge in [-0.05, 0) is 44.2 Å². The lowest BCUT2D eigenvalue weighted by Crippen LogP contribution is -2.50. The van der Waals surface area contributed by atoms with Gasteiger partial charge in [0.2, 0.25) is 0 Å². The Labute approximate surface area is 110 Å². The molecule has 1 saturated heterocycles. The molecule has 2 atom stereocenters. The quantitative estimate of drug-likeness (QED) is 0.890. The van der Waals surface area contributed by atoms with Gasteiger partial charge in [-0.15, -0.1) is 0 Å². The third-order valence-corrected chi connectivity index (χ3v) is 4.01. The largest absolute Gasteiger partial charge is 0.374 e. The lowest BCUT2D eigenvalue weighted by Gasteiger charge is -2.38. The molecule has 100 valence electrons. The molecular weight excluding hydrogens is 224 g/mol. The first-order valence-corrected chi connectivity index (χ1v) is 6.97. The number of nitrogens with zero attached hydrogens (tertiary/aromatic N) is 1. The van der Waals surface area contributed by atoms with E-state index in [2.05, 4.69) is 31.0 Å². The van der Waals surface area contributed by atoms with Crippen molar-refractivity contribution in [3.8, 4) is 0 Å². The summed E-state index contributed by atoms with van der Waals surface area (Å²) in [6.45, 7) is 5.11. The van der Waals surface area contributed by atoms with E-state index in [1.54, 1.807) is 0 Å². The lowest BCUT2D eigenvalue weighted by molar-refractivity contribution is -0.0809. The molecule has 0 saturated carbocycles. The van der Waals surface area contributed by atoms with Crippen LogP contribution in [0.2, 0.25) is 0 Å². The van der Waals surface area contributed by atoms with Crippen molar-refractivity contribution in [3.63, 3.8) is 0 Å². The highest BCUT2D eigenvalue weighted by Gasteiger charge is 2.34. The molecule has 0 radical (unpaired) electrons. The fraction of sp³-hybridized carbons (Fsp3) is 0.667. The second-order valence-corrected chi connectivity index (χ2v) is 5.44. The van der Waals surface area contributed by atoms with Crippen LogP contribution >= 0.6 is 0 Å². The molecule has 2 unspecified atom stereocenters. The highest BCUT2D eigenvalue weighted by Crippen LogP contribution is 2.28. The van der Waals surface area contributed by atoms with E-state index in [-0.39, 0.29) is 11.6 Å². The molecule has 1 aromatic heterocycles. The summed E-state index contributed by atoms with van der Waals surface area (Å²) in [5.74, 6) is 0. The molecule has 2 rings (SSSR count). The molecule has 0 amide bonds. The van der Waals surface area contributed by atoms with Crippen LogP contribution in [0.15, 0.2) is 18.3 Å². The highest BCUT2D eigenvalue weighted by molar-refractivity contribution is 5.15. The molecule has 0 aliphatic carbocycles. The van der Waals surface area contributed by atoms with Gasteiger partial charge in [0.1, 0.15) is 0 Å². The summed E-state index contributed by atoms with van der Waals surface area (Å²) in [6.07, 6.45) is 7.20. The van der Waals surface area contributed by atoms with E-state index < -0.39 is 0 Å². The average molecular weight is 248 g/mol. The third kappa shape index (κ3) is 3.09. The van der Waals surface area contributed by atoms with Gasteiger partial charge in [-0.2, -0.15) is 0 Å². The second-order valence-electron chi connectivity index (χ2n) is 5.44. The van der Waals surface area contributed by atoms with Gasteiger partial charge in [0.25, 0.3) is 0 Å². The van der Waals surface area contributed by atoms with Gasteiger partial charge in [-0.25, -0.2) is 0 Å². The van der Waals surface area contributed by atoms with Crippen LogP contribution in [-0.4, -0.2) is 23.2 Å². The lowest BCUT2D eigenvalue weighted by atomic mass is 9.86. The molecule has 0 aromatic carbocycles. The Morgan fingerprint density at radius 1 is 1.44 bits per heavy atom. The number of aryl methyl sites for hydroxylation is 1. The minimum Gasteiger partial charge on any atom is -0.374 e. The maximum Gasteiger partial charge on any atom is 0.0808 e. The normalized spacial score (nSPS) is 25.9. The molecule has 2 N–H and O–H groups in total. The summed E-state index contributed by atoms with van der Waals surface area (Å²) in [7, 11) is 0. The maximum atomic E-state index is 6.32. The number of nitrogens with two attached hydrogens (primary N) is 1. The van der Waals surface area contributed by atoms with Crippen LogP contribution in [0.3, 0.4) is 0 Å². The van der Waals surface area contributed by atoms with Gasteiger partial charge in [-0.3, -0.25) is 4.98 Å². The summed E-state index contributed by atoms with van der Waals surface area (Å²) < 4.78 is 5.89. The molecule has 3 nitrogen and oxygen atoms in total. The zero-order valence-electron chi connectivity index (χ0n) is 11.5. The number of hydrogen-bond donors (Lipinski definition) is 1. The van der Waals surface area contributed by atoms with Gasteiger partial charge in [-0.1, -0.05) is 13.0 Å². The van der Waals surface area contributed by atoms with Crippen molar-refractivity contribution in [2.75, 3.05) is 6.61 Å². The van der Waals surface area contributed by atoms with Crippen molar-refractivity contribution in [2.24, 2.45) is 5.73 Å². The van der Waals surface area contributed by atoms with Crippen molar-refractivity contribution in [2.45, 2.75) is 57.6 Å². The Bertz CT molecular complexity index is 369. The van der Waals surface area contributed by atoms with Crippen LogP contribution in [0.25, 0.3) is 0 Å². The molecule has 1 aromatic rings. The smallest absolute Gasteiger partial charge is 0.0808 e. The average Bonchev–Trinajstić information content (AvgIpc) is 2.40. The van der Waals surface area contributed by atoms with E-state index in [1.807, 2.05) is 6.20 Å². The van der Waals surface area contributed by atoms with Gasteiger partial charge < -0.3 is 10.5 Å². The number of pyridine rings is 1. The van der Waals surface area contributed by atoms with Crippen molar-refractivity contribution < 1.29 is 4.74 Å². The fourth-order valence-corrected chi connectivity index (χ4v) is 2.47. The van der Waals surface area contributed by atoms with Gasteiger partial charge >= 0.3 is 0 Å². The number of aromatic nitrogens is 1. The molecule has 0 bridgehead atoms. The second kappa shape index (κ2) is 5.81. The van der Waals surface area contributed by atoms with Crippen LogP contribution < -0.4 is 5.73 Å². The Balaban J connectivity index is 1.98. The van der Waals surface area contributed by atoms with Crippen molar-refractivity contribution in [3.05, 3.63) is 29.6 Å². The fourth-order valence-electron chi connectivity index (χ4n) is 2.47. The molecule has 1 fully saturated rings. The summed E-state index contributed by atoms with van der Waals surface area (Å²) in [4.78, 5) is 4.48. The van der Waals surface area contributed by atoms with E-state index in [1.165, 1.54) is 12.0 Å². The van der Waals surface area contributed by atoms with E-state index in [0.29, 0.717) is 0 Å². The minimum atomic E-state index is -0.177. The van der Waals surface area contributed by atoms with Crippen LogP contribution in [-0.2, 0) is 17.6 Å². The molecule has 2 heterocycles. The van der Waals surface area contributed by atoms with E-state index >= 15 is 0 Å². The first-order chi connectivity index (χ1) is 8.64. The molecular formula is C15H24N2O. The molecule has 0 spiro atoms. The van der Waals surface area contributed by atoms with E-state index in [9.17, 15) is 0 Å². The number of rotatable bonds is 4. The summed E-state index contributed by atoms with van der Waals surface area (Å²) in [6, 6.07) is 4.25. The van der Waals surface area contributed by atoms with Crippen LogP contribution in [0, 0.1) is 0 Å². The first-order valence-electron chi connectivity index (χ1n) is 6.97. The van der Waals surface area contributed by atoms with Crippen LogP contribution in [0.5, 0.6) is 0 Å². The van der Waals surface area contributed by atoms with E-state index in [0.717, 1.165) is 38.0 Å². The van der Waals surface area contributed by atoms with Crippen molar-refractivity contribution >= 4 is 0 Å². The van der Waals surface area contributed by atoms with Gasteiger partial charge in [0.05, 0.1) is 5.60 Å². The minimum absolute atomic E-state index is 0.0257. The Morgan fingerprint density at radius 2 is 2.28 bits per heavy atom. The summed E-state index contributed by atoms with van der Waals surface area (Å²) >= 11 is 0. The maximum absolute atomic E-state index is 6.32. The van der Waals surface area contributed by atoms with E-state index in [4.69, 9.17) is 10.5 Å². The van der Waals surface area contributed by atoms with Crippen molar-refractivity contribution in [1.29, 1.82) is 0 Å². The number of ether oxygens (including phenoxy) is 1. The molecule has 3 heteroatoms. The highest BCUT2D eigenvalue weighted by atomic mass is 16.5. The number of hydrogen-bond acceptors (Lipinski definition) is 3. The molecule has 18 heavy (non-hydrogen) atoms. The standard InChI is InChI=1S/C15H24N2O/c1-3-12-6-7-13(17-11-12)10-14(16)15(2)8-4-5-9-18-15/h6-7,11,14H,3-5,8-10,16H2,1-2H3. The Hall–Kier alpha value is -0.930. The Morgan fingerprint density at radius 3 is 2.83 bits per heavy atom. The predicted molar refractivity (Wildman–Crippen MR) is 73.5 cm³/mol. The monoisotopic (exact) mass is 248 g/mol. The summed E-state index contributed by atoms with van der Waals surface area (Å²) in [5, 5.41) is 0. The topological polar surface area (TPSA) is 48.1 Å². The zero-order valence-corrected chi connectivity index (χ0v) is 11.5. The summed E-state index contributed by atoms with van der Waals surface area (Å²) in [5.41, 5.74) is 8.48. The van der Waals surface area contributed by atoms with Gasteiger partial charge in [0.15, 0.2) is 0 Å². The molecule has 1 aliphatic rings.